The number of benzene rings is 1. The van der Waals surface area contributed by atoms with Crippen molar-refractivity contribution in [3.63, 3.8) is 0 Å². The lowest BCUT2D eigenvalue weighted by molar-refractivity contribution is 0.101. The summed E-state index contributed by atoms with van der Waals surface area (Å²) in [4.78, 5) is 11.1. The van der Waals surface area contributed by atoms with Gasteiger partial charge in [-0.05, 0) is 55.9 Å². The van der Waals surface area contributed by atoms with Crippen LogP contribution in [0.15, 0.2) is 24.3 Å². The number of Topliss-reactive ketones (excluding diaryl/α,β-unsaturated/α-hetero) is 1. The lowest BCUT2D eigenvalue weighted by Crippen LogP contribution is -2.26. The normalized spacial score (nSPS) is 23.6. The van der Waals surface area contributed by atoms with Gasteiger partial charge in [0.15, 0.2) is 5.78 Å². The number of ketones is 1. The molecule has 16 heavy (non-hydrogen) atoms. The molecular weight excluding hydrogens is 200 g/mol. The molecule has 1 aliphatic carbocycles. The van der Waals surface area contributed by atoms with Crippen LogP contribution < -0.4 is 4.74 Å². The first kappa shape index (κ1) is 11.2. The Kier molecular flexibility index (Phi) is 3.28. The van der Waals surface area contributed by atoms with Crippen molar-refractivity contribution < 1.29 is 9.53 Å². The Morgan fingerprint density at radius 2 is 1.94 bits per heavy atom. The van der Waals surface area contributed by atoms with Crippen molar-refractivity contribution in [2.75, 3.05) is 6.61 Å². The Balaban J connectivity index is 1.83. The monoisotopic (exact) mass is 218 g/mol. The second-order valence-electron chi connectivity index (χ2n) is 4.83. The van der Waals surface area contributed by atoms with Crippen molar-refractivity contribution in [2.45, 2.75) is 26.7 Å². The molecule has 86 valence electrons. The average Bonchev–Trinajstić information content (AvgIpc) is 2.23. The highest BCUT2D eigenvalue weighted by Gasteiger charge is 2.25. The molecule has 2 rings (SSSR count). The number of rotatable bonds is 4. The van der Waals surface area contributed by atoms with E-state index in [1.165, 1.54) is 12.8 Å². The first-order valence-electron chi connectivity index (χ1n) is 5.89. The third kappa shape index (κ3) is 2.63. The average molecular weight is 218 g/mol. The van der Waals surface area contributed by atoms with Gasteiger partial charge >= 0.3 is 0 Å². The predicted octanol–water partition coefficient (Wildman–Crippen LogP) is 3.31. The van der Waals surface area contributed by atoms with E-state index < -0.39 is 0 Å². The maximum atomic E-state index is 11.1. The van der Waals surface area contributed by atoms with E-state index in [0.29, 0.717) is 0 Å². The van der Waals surface area contributed by atoms with E-state index in [1.54, 1.807) is 6.92 Å². The Morgan fingerprint density at radius 3 is 2.44 bits per heavy atom. The van der Waals surface area contributed by atoms with Crippen molar-refractivity contribution in [1.29, 1.82) is 0 Å². The summed E-state index contributed by atoms with van der Waals surface area (Å²) in [5.74, 6) is 2.56. The van der Waals surface area contributed by atoms with Gasteiger partial charge in [0.1, 0.15) is 5.75 Å². The molecule has 2 nitrogen and oxygen atoms in total. The van der Waals surface area contributed by atoms with Gasteiger partial charge in [0.25, 0.3) is 0 Å². The van der Waals surface area contributed by atoms with Crippen LogP contribution in [0.4, 0.5) is 0 Å². The zero-order chi connectivity index (χ0) is 11.5. The van der Waals surface area contributed by atoms with Crippen molar-refractivity contribution in [3.8, 4) is 5.75 Å². The lowest BCUT2D eigenvalue weighted by atomic mass is 9.77. The third-order valence-electron chi connectivity index (χ3n) is 3.22. The Labute approximate surface area is 96.6 Å². The van der Waals surface area contributed by atoms with Crippen LogP contribution in [0.3, 0.4) is 0 Å². The summed E-state index contributed by atoms with van der Waals surface area (Å²) in [5.41, 5.74) is 0.740. The molecule has 0 spiro atoms. The van der Waals surface area contributed by atoms with E-state index >= 15 is 0 Å². The van der Waals surface area contributed by atoms with Crippen LogP contribution in [0.25, 0.3) is 0 Å². The zero-order valence-electron chi connectivity index (χ0n) is 9.90. The fourth-order valence-electron chi connectivity index (χ4n) is 2.21. The summed E-state index contributed by atoms with van der Waals surface area (Å²) >= 11 is 0. The Morgan fingerprint density at radius 1 is 1.31 bits per heavy atom. The van der Waals surface area contributed by atoms with Gasteiger partial charge in [0.05, 0.1) is 6.61 Å². The van der Waals surface area contributed by atoms with Gasteiger partial charge in [-0.15, -0.1) is 0 Å². The van der Waals surface area contributed by atoms with Crippen LogP contribution in [0, 0.1) is 11.8 Å². The third-order valence-corrected chi connectivity index (χ3v) is 3.22. The number of ether oxygens (including phenoxy) is 1. The second-order valence-corrected chi connectivity index (χ2v) is 4.83. The van der Waals surface area contributed by atoms with Crippen LogP contribution in [0.2, 0.25) is 0 Å². The maximum Gasteiger partial charge on any atom is 0.159 e. The standard InChI is InChI=1S/C14H18O2/c1-10-7-12(8-10)9-16-14-5-3-13(4-6-14)11(2)15/h3-6,10,12H,7-9H2,1-2H3. The Bertz CT molecular complexity index is 361. The smallest absolute Gasteiger partial charge is 0.159 e. The van der Waals surface area contributed by atoms with Gasteiger partial charge < -0.3 is 4.74 Å². The molecule has 0 N–H and O–H groups in total. The SMILES string of the molecule is CC(=O)c1ccc(OCC2CC(C)C2)cc1. The van der Waals surface area contributed by atoms with E-state index in [2.05, 4.69) is 6.92 Å². The minimum Gasteiger partial charge on any atom is -0.493 e. The van der Waals surface area contributed by atoms with Gasteiger partial charge in [-0.3, -0.25) is 4.79 Å². The second kappa shape index (κ2) is 4.69. The van der Waals surface area contributed by atoms with Gasteiger partial charge in [0.2, 0.25) is 0 Å². The van der Waals surface area contributed by atoms with Crippen molar-refractivity contribution >= 4 is 5.78 Å². The number of carbonyl (C=O) groups excluding carboxylic acids is 1. The summed E-state index contributed by atoms with van der Waals surface area (Å²) in [6.07, 6.45) is 2.57. The van der Waals surface area contributed by atoms with E-state index in [9.17, 15) is 4.79 Å². The van der Waals surface area contributed by atoms with Gasteiger partial charge in [0, 0.05) is 5.56 Å². The van der Waals surface area contributed by atoms with Crippen LogP contribution in [0.5, 0.6) is 5.75 Å². The molecule has 1 fully saturated rings. The number of hydrogen-bond acceptors (Lipinski definition) is 2. The first-order chi connectivity index (χ1) is 7.65. The largest absolute Gasteiger partial charge is 0.493 e. The molecule has 1 aromatic rings. The van der Waals surface area contributed by atoms with Crippen LogP contribution in [0.1, 0.15) is 37.0 Å². The van der Waals surface area contributed by atoms with E-state index in [0.717, 1.165) is 29.8 Å². The highest BCUT2D eigenvalue weighted by atomic mass is 16.5. The zero-order valence-corrected chi connectivity index (χ0v) is 9.90. The highest BCUT2D eigenvalue weighted by molar-refractivity contribution is 5.94. The highest BCUT2D eigenvalue weighted by Crippen LogP contribution is 2.33. The molecule has 1 saturated carbocycles. The summed E-state index contributed by atoms with van der Waals surface area (Å²) in [6, 6.07) is 7.39. The molecule has 2 heteroatoms. The molecule has 0 saturated heterocycles. The molecule has 0 aliphatic heterocycles. The summed E-state index contributed by atoms with van der Waals surface area (Å²) in [6.45, 7) is 4.66. The Hall–Kier alpha value is -1.31. The maximum absolute atomic E-state index is 11.1. The van der Waals surface area contributed by atoms with Crippen molar-refractivity contribution in [3.05, 3.63) is 29.8 Å². The molecule has 0 atom stereocenters. The summed E-state index contributed by atoms with van der Waals surface area (Å²) in [7, 11) is 0. The quantitative estimate of drug-likeness (QED) is 0.725. The predicted molar refractivity (Wildman–Crippen MR) is 63.8 cm³/mol. The van der Waals surface area contributed by atoms with Crippen LogP contribution in [-0.2, 0) is 0 Å². The van der Waals surface area contributed by atoms with Gasteiger partial charge in [-0.25, -0.2) is 0 Å². The first-order valence-corrected chi connectivity index (χ1v) is 5.89. The van der Waals surface area contributed by atoms with Gasteiger partial charge in [-0.2, -0.15) is 0 Å². The minimum absolute atomic E-state index is 0.0966. The molecule has 0 bridgehead atoms. The van der Waals surface area contributed by atoms with Gasteiger partial charge in [-0.1, -0.05) is 6.92 Å². The summed E-state index contributed by atoms with van der Waals surface area (Å²) in [5, 5.41) is 0. The van der Waals surface area contributed by atoms with Crippen molar-refractivity contribution in [1.82, 2.24) is 0 Å². The molecule has 0 amide bonds. The van der Waals surface area contributed by atoms with E-state index in [4.69, 9.17) is 4.74 Å². The summed E-state index contributed by atoms with van der Waals surface area (Å²) < 4.78 is 5.68. The van der Waals surface area contributed by atoms with Crippen LogP contribution >= 0.6 is 0 Å². The van der Waals surface area contributed by atoms with Crippen LogP contribution in [-0.4, -0.2) is 12.4 Å². The number of hydrogen-bond donors (Lipinski definition) is 0. The molecule has 0 heterocycles. The molecule has 1 aromatic carbocycles. The molecule has 0 aromatic heterocycles. The topological polar surface area (TPSA) is 26.3 Å². The lowest BCUT2D eigenvalue weighted by Gasteiger charge is -2.32. The minimum atomic E-state index is 0.0966. The van der Waals surface area contributed by atoms with E-state index in [-0.39, 0.29) is 5.78 Å². The van der Waals surface area contributed by atoms with E-state index in [1.807, 2.05) is 24.3 Å². The fraction of sp³-hybridized carbons (Fsp3) is 0.500. The van der Waals surface area contributed by atoms with Crippen molar-refractivity contribution in [2.24, 2.45) is 11.8 Å². The molecule has 1 aliphatic rings. The molecular formula is C14H18O2. The fourth-order valence-corrected chi connectivity index (χ4v) is 2.21. The molecule has 0 radical (unpaired) electrons. The molecule has 0 unspecified atom stereocenters. The number of carbonyl (C=O) groups is 1.